The highest BCUT2D eigenvalue weighted by Gasteiger charge is 2.31. The number of nitrogens with two attached hydrogens (primary N) is 1. The second-order valence-corrected chi connectivity index (χ2v) is 6.62. The summed E-state index contributed by atoms with van der Waals surface area (Å²) in [5.41, 5.74) is 4.99. The molecular weight excluding hydrogens is 407 g/mol. The van der Waals surface area contributed by atoms with Gasteiger partial charge in [0.2, 0.25) is 11.9 Å². The van der Waals surface area contributed by atoms with E-state index in [1.807, 2.05) is 6.07 Å². The summed E-state index contributed by atoms with van der Waals surface area (Å²) in [6.07, 6.45) is -2.86. The van der Waals surface area contributed by atoms with Gasteiger partial charge in [-0.15, -0.1) is 11.8 Å². The lowest BCUT2D eigenvalue weighted by Crippen LogP contribution is -2.32. The van der Waals surface area contributed by atoms with E-state index in [-0.39, 0.29) is 28.7 Å². The number of carbonyl (C=O) groups is 1. The Kier molecular flexibility index (Phi) is 6.76. The van der Waals surface area contributed by atoms with E-state index in [1.165, 1.54) is 31.8 Å². The Labute approximate surface area is 169 Å². The monoisotopic (exact) mass is 425 g/mol. The number of benzene rings is 1. The molecular formula is C17H18F3N7OS. The van der Waals surface area contributed by atoms with Crippen LogP contribution in [-0.4, -0.2) is 35.2 Å². The zero-order chi connectivity index (χ0) is 21.8. The standard InChI is InChI=1S/C17H18F3N7OS/c1-8(24-13-12(7-21)15(29-3)27-16(22)26-13)14(28)25-11-5-9(17(18,19)20)4-10(6-11)23-2/h4-6,8,23H,1-3H3,(H,25,28)(H3,22,24,26,27)/t8-/m0/s1. The molecule has 0 spiro atoms. The lowest BCUT2D eigenvalue weighted by atomic mass is 10.1. The fourth-order valence-corrected chi connectivity index (χ4v) is 2.87. The van der Waals surface area contributed by atoms with Crippen LogP contribution in [0.15, 0.2) is 23.2 Å². The third kappa shape index (κ3) is 5.41. The van der Waals surface area contributed by atoms with Gasteiger partial charge in [-0.25, -0.2) is 4.98 Å². The van der Waals surface area contributed by atoms with E-state index in [1.54, 1.807) is 6.26 Å². The number of amides is 1. The van der Waals surface area contributed by atoms with Crippen molar-refractivity contribution in [3.8, 4) is 6.07 Å². The Morgan fingerprint density at radius 3 is 2.48 bits per heavy atom. The zero-order valence-electron chi connectivity index (χ0n) is 15.7. The van der Waals surface area contributed by atoms with Crippen molar-refractivity contribution in [1.82, 2.24) is 9.97 Å². The number of nitrogens with one attached hydrogen (secondary N) is 3. The van der Waals surface area contributed by atoms with E-state index in [2.05, 4.69) is 25.9 Å². The lowest BCUT2D eigenvalue weighted by molar-refractivity contribution is -0.137. The first kappa shape index (κ1) is 22.1. The van der Waals surface area contributed by atoms with Crippen LogP contribution in [0.4, 0.5) is 36.3 Å². The number of hydrogen-bond acceptors (Lipinski definition) is 8. The predicted octanol–water partition coefficient (Wildman–Crippen LogP) is 3.15. The van der Waals surface area contributed by atoms with Gasteiger partial charge in [0.1, 0.15) is 22.7 Å². The molecule has 5 N–H and O–H groups in total. The smallest absolute Gasteiger partial charge is 0.388 e. The van der Waals surface area contributed by atoms with E-state index in [9.17, 15) is 23.2 Å². The van der Waals surface area contributed by atoms with Gasteiger partial charge in [-0.1, -0.05) is 0 Å². The van der Waals surface area contributed by atoms with Crippen molar-refractivity contribution in [2.75, 3.05) is 35.0 Å². The predicted molar refractivity (Wildman–Crippen MR) is 106 cm³/mol. The second-order valence-electron chi connectivity index (χ2n) is 5.83. The summed E-state index contributed by atoms with van der Waals surface area (Å²) in [7, 11) is 1.47. The van der Waals surface area contributed by atoms with Crippen molar-refractivity contribution >= 4 is 40.8 Å². The van der Waals surface area contributed by atoms with Gasteiger partial charge in [0.25, 0.3) is 0 Å². The van der Waals surface area contributed by atoms with E-state index >= 15 is 0 Å². The number of nitrogens with zero attached hydrogens (tertiary/aromatic N) is 3. The summed E-state index contributed by atoms with van der Waals surface area (Å²) in [6, 6.07) is 4.15. The number of rotatable bonds is 6. The fraction of sp³-hybridized carbons (Fsp3) is 0.294. The molecule has 1 heterocycles. The van der Waals surface area contributed by atoms with E-state index in [4.69, 9.17) is 5.73 Å². The number of aromatic nitrogens is 2. The Morgan fingerprint density at radius 1 is 1.28 bits per heavy atom. The van der Waals surface area contributed by atoms with Gasteiger partial charge in [0.15, 0.2) is 5.82 Å². The number of carbonyl (C=O) groups excluding carboxylic acids is 1. The van der Waals surface area contributed by atoms with Crippen molar-refractivity contribution in [2.24, 2.45) is 0 Å². The van der Waals surface area contributed by atoms with Crippen LogP contribution in [0, 0.1) is 11.3 Å². The number of nitrogen functional groups attached to an aromatic ring is 1. The molecule has 0 fully saturated rings. The first-order chi connectivity index (χ1) is 13.6. The topological polar surface area (TPSA) is 129 Å². The van der Waals surface area contributed by atoms with Crippen LogP contribution >= 0.6 is 11.8 Å². The highest BCUT2D eigenvalue weighted by Crippen LogP contribution is 2.33. The van der Waals surface area contributed by atoms with E-state index < -0.39 is 23.7 Å². The number of anilines is 4. The van der Waals surface area contributed by atoms with Crippen molar-refractivity contribution in [2.45, 2.75) is 24.2 Å². The van der Waals surface area contributed by atoms with Gasteiger partial charge in [-0.05, 0) is 31.4 Å². The second kappa shape index (κ2) is 8.87. The van der Waals surface area contributed by atoms with E-state index in [0.29, 0.717) is 5.03 Å². The van der Waals surface area contributed by atoms with Gasteiger partial charge < -0.3 is 21.7 Å². The third-order valence-electron chi connectivity index (χ3n) is 3.76. The first-order valence-electron chi connectivity index (χ1n) is 8.18. The lowest BCUT2D eigenvalue weighted by Gasteiger charge is -2.18. The van der Waals surface area contributed by atoms with Crippen molar-refractivity contribution < 1.29 is 18.0 Å². The molecule has 8 nitrogen and oxygen atoms in total. The minimum absolute atomic E-state index is 0.0321. The Morgan fingerprint density at radius 2 is 1.93 bits per heavy atom. The van der Waals surface area contributed by atoms with Gasteiger partial charge in [-0.2, -0.15) is 23.4 Å². The quantitative estimate of drug-likeness (QED) is 0.410. The number of hydrogen-bond donors (Lipinski definition) is 4. The van der Waals surface area contributed by atoms with Gasteiger partial charge in [0.05, 0.1) is 5.56 Å². The summed E-state index contributed by atoms with van der Waals surface area (Å²) in [4.78, 5) is 20.4. The molecule has 2 rings (SSSR count). The Hall–Kier alpha value is -3.20. The molecule has 0 aliphatic carbocycles. The maximum atomic E-state index is 13.0. The Bertz CT molecular complexity index is 959. The number of thioether (sulfide) groups is 1. The number of halogens is 3. The molecule has 0 aliphatic rings. The number of alkyl halides is 3. The maximum Gasteiger partial charge on any atom is 0.416 e. The summed E-state index contributed by atoms with van der Waals surface area (Å²) in [5, 5.41) is 17.5. The van der Waals surface area contributed by atoms with Crippen LogP contribution in [0.3, 0.4) is 0 Å². The summed E-state index contributed by atoms with van der Waals surface area (Å²) >= 11 is 1.19. The maximum absolute atomic E-state index is 13.0. The molecule has 2 aromatic rings. The molecule has 1 amide bonds. The molecule has 1 aromatic heterocycles. The number of nitriles is 1. The average molecular weight is 425 g/mol. The zero-order valence-corrected chi connectivity index (χ0v) is 16.5. The van der Waals surface area contributed by atoms with Crippen LogP contribution in [0.5, 0.6) is 0 Å². The Balaban J connectivity index is 2.25. The van der Waals surface area contributed by atoms with Crippen molar-refractivity contribution in [1.29, 1.82) is 5.26 Å². The molecule has 0 aliphatic heterocycles. The van der Waals surface area contributed by atoms with Crippen LogP contribution in [0.1, 0.15) is 18.1 Å². The first-order valence-corrected chi connectivity index (χ1v) is 9.40. The normalized spacial score (nSPS) is 12.0. The molecule has 1 aromatic carbocycles. The van der Waals surface area contributed by atoms with Crippen LogP contribution in [-0.2, 0) is 11.0 Å². The van der Waals surface area contributed by atoms with Crippen molar-refractivity contribution in [3.63, 3.8) is 0 Å². The SMILES string of the molecule is CNc1cc(NC(=O)[C@H](C)Nc2nc(N)nc(SC)c2C#N)cc(C(F)(F)F)c1. The summed E-state index contributed by atoms with van der Waals surface area (Å²) in [5.74, 6) is -0.648. The van der Waals surface area contributed by atoms with Crippen LogP contribution < -0.4 is 21.7 Å². The van der Waals surface area contributed by atoms with Crippen LogP contribution in [0.25, 0.3) is 0 Å². The molecule has 0 radical (unpaired) electrons. The average Bonchev–Trinajstić information content (AvgIpc) is 2.66. The molecule has 29 heavy (non-hydrogen) atoms. The molecule has 1 atom stereocenters. The van der Waals surface area contributed by atoms with Gasteiger partial charge in [-0.3, -0.25) is 4.79 Å². The molecule has 12 heteroatoms. The van der Waals surface area contributed by atoms with E-state index in [0.717, 1.165) is 12.1 Å². The molecule has 0 saturated carbocycles. The largest absolute Gasteiger partial charge is 0.416 e. The highest BCUT2D eigenvalue weighted by atomic mass is 32.2. The minimum atomic E-state index is -4.56. The fourth-order valence-electron chi connectivity index (χ4n) is 2.34. The third-order valence-corrected chi connectivity index (χ3v) is 4.44. The molecule has 0 bridgehead atoms. The molecule has 154 valence electrons. The molecule has 0 saturated heterocycles. The van der Waals surface area contributed by atoms with Crippen LogP contribution in [0.2, 0.25) is 0 Å². The van der Waals surface area contributed by atoms with Gasteiger partial charge in [0, 0.05) is 18.4 Å². The highest BCUT2D eigenvalue weighted by molar-refractivity contribution is 7.98. The van der Waals surface area contributed by atoms with Gasteiger partial charge >= 0.3 is 6.18 Å². The summed E-state index contributed by atoms with van der Waals surface area (Å²) in [6.45, 7) is 1.47. The van der Waals surface area contributed by atoms with Crippen molar-refractivity contribution in [3.05, 3.63) is 29.3 Å². The molecule has 0 unspecified atom stereocenters. The summed E-state index contributed by atoms with van der Waals surface area (Å²) < 4.78 is 39.1. The minimum Gasteiger partial charge on any atom is -0.388 e.